The van der Waals surface area contributed by atoms with Gasteiger partial charge in [-0.1, -0.05) is 0 Å². The van der Waals surface area contributed by atoms with E-state index in [1.165, 1.54) is 0 Å². The summed E-state index contributed by atoms with van der Waals surface area (Å²) in [5, 5.41) is 8.71. The van der Waals surface area contributed by atoms with Gasteiger partial charge in [0.1, 0.15) is 0 Å². The minimum absolute atomic E-state index is 0.0988. The smallest absolute Gasteiger partial charge is 0.416 e. The van der Waals surface area contributed by atoms with E-state index in [0.29, 0.717) is 25.9 Å². The van der Waals surface area contributed by atoms with Crippen molar-refractivity contribution in [1.82, 2.24) is 9.62 Å². The Hall–Kier alpha value is -1.65. The highest BCUT2D eigenvalue weighted by Crippen LogP contribution is 2.29. The van der Waals surface area contributed by atoms with Crippen molar-refractivity contribution in [3.05, 3.63) is 29.8 Å². The van der Waals surface area contributed by atoms with Gasteiger partial charge < -0.3 is 5.11 Å². The number of carbonyl (C=O) groups is 1. The summed E-state index contributed by atoms with van der Waals surface area (Å²) in [5.74, 6) is -0.946. The van der Waals surface area contributed by atoms with E-state index in [9.17, 15) is 26.4 Å². The zero-order chi connectivity index (χ0) is 18.0. The second-order valence-corrected chi connectivity index (χ2v) is 7.30. The number of likely N-dealkylation sites (tertiary alicyclic amines) is 1. The standard InChI is InChI=1S/C14H17F3N2O4S/c15-14(16,17)10-1-3-12(4-2-10)24(22,23)18-11-5-7-19(8-6-11)9-13(20)21/h1-4,11,18H,5-9H2,(H,20,21). The summed E-state index contributed by atoms with van der Waals surface area (Å²) < 4.78 is 64.4. The van der Waals surface area contributed by atoms with Crippen LogP contribution in [0, 0.1) is 0 Å². The van der Waals surface area contributed by atoms with E-state index in [0.717, 1.165) is 24.3 Å². The second kappa shape index (κ2) is 7.08. The first-order chi connectivity index (χ1) is 11.1. The maximum atomic E-state index is 12.5. The number of hydrogen-bond donors (Lipinski definition) is 2. The summed E-state index contributed by atoms with van der Waals surface area (Å²) in [5.41, 5.74) is -0.913. The van der Waals surface area contributed by atoms with E-state index in [4.69, 9.17) is 5.11 Å². The fourth-order valence-electron chi connectivity index (χ4n) is 2.51. The van der Waals surface area contributed by atoms with E-state index in [1.807, 2.05) is 0 Å². The molecule has 2 rings (SSSR count). The first-order valence-corrected chi connectivity index (χ1v) is 8.70. The Morgan fingerprint density at radius 1 is 1.21 bits per heavy atom. The fraction of sp³-hybridized carbons (Fsp3) is 0.500. The molecule has 0 spiro atoms. The lowest BCUT2D eigenvalue weighted by atomic mass is 10.1. The number of sulfonamides is 1. The molecule has 24 heavy (non-hydrogen) atoms. The molecule has 0 radical (unpaired) electrons. The molecule has 1 saturated heterocycles. The van der Waals surface area contributed by atoms with Crippen LogP contribution in [0.4, 0.5) is 13.2 Å². The Morgan fingerprint density at radius 3 is 2.21 bits per heavy atom. The molecule has 134 valence electrons. The first-order valence-electron chi connectivity index (χ1n) is 7.22. The summed E-state index contributed by atoms with van der Waals surface area (Å²) in [6.45, 7) is 0.775. The third-order valence-corrected chi connectivity index (χ3v) is 5.30. The molecule has 1 aromatic rings. The van der Waals surface area contributed by atoms with Crippen molar-refractivity contribution in [3.63, 3.8) is 0 Å². The third-order valence-electron chi connectivity index (χ3n) is 3.76. The second-order valence-electron chi connectivity index (χ2n) is 5.59. The monoisotopic (exact) mass is 366 g/mol. The summed E-state index contributed by atoms with van der Waals surface area (Å²) in [6, 6.07) is 2.92. The van der Waals surface area contributed by atoms with Gasteiger partial charge in [-0.15, -0.1) is 0 Å². The molecule has 0 bridgehead atoms. The van der Waals surface area contributed by atoms with Crippen LogP contribution in [0.25, 0.3) is 0 Å². The number of nitrogens with zero attached hydrogens (tertiary/aromatic N) is 1. The average Bonchev–Trinajstić information content (AvgIpc) is 2.48. The van der Waals surface area contributed by atoms with Crippen LogP contribution in [0.15, 0.2) is 29.2 Å². The van der Waals surface area contributed by atoms with E-state index in [1.54, 1.807) is 4.90 Å². The molecule has 2 N–H and O–H groups in total. The Balaban J connectivity index is 1.98. The minimum atomic E-state index is -4.52. The van der Waals surface area contributed by atoms with Crippen molar-refractivity contribution in [2.45, 2.75) is 30.0 Å². The van der Waals surface area contributed by atoms with Crippen molar-refractivity contribution in [2.75, 3.05) is 19.6 Å². The highest BCUT2D eigenvalue weighted by Gasteiger charge is 2.31. The molecule has 1 heterocycles. The van der Waals surface area contributed by atoms with Crippen molar-refractivity contribution >= 4 is 16.0 Å². The molecule has 0 aliphatic carbocycles. The number of alkyl halides is 3. The van der Waals surface area contributed by atoms with Gasteiger partial charge in [-0.05, 0) is 37.1 Å². The SMILES string of the molecule is O=C(O)CN1CCC(NS(=O)(=O)c2ccc(C(F)(F)F)cc2)CC1. The van der Waals surface area contributed by atoms with Gasteiger partial charge in [-0.2, -0.15) is 13.2 Å². The van der Waals surface area contributed by atoms with Gasteiger partial charge in [0.05, 0.1) is 17.0 Å². The molecule has 0 aromatic heterocycles. The molecule has 10 heteroatoms. The van der Waals surface area contributed by atoms with Crippen LogP contribution in [0.1, 0.15) is 18.4 Å². The quantitative estimate of drug-likeness (QED) is 0.825. The summed E-state index contributed by atoms with van der Waals surface area (Å²) in [6.07, 6.45) is -3.65. The van der Waals surface area contributed by atoms with Gasteiger partial charge in [0.15, 0.2) is 0 Å². The van der Waals surface area contributed by atoms with Crippen LogP contribution in [0.5, 0.6) is 0 Å². The predicted molar refractivity (Wildman–Crippen MR) is 78.9 cm³/mol. The maximum Gasteiger partial charge on any atom is 0.416 e. The number of nitrogens with one attached hydrogen (secondary N) is 1. The molecular weight excluding hydrogens is 349 g/mol. The first kappa shape index (κ1) is 18.7. The zero-order valence-electron chi connectivity index (χ0n) is 12.6. The molecule has 0 saturated carbocycles. The van der Waals surface area contributed by atoms with Crippen LogP contribution < -0.4 is 4.72 Å². The molecule has 0 atom stereocenters. The summed E-state index contributed by atoms with van der Waals surface area (Å²) in [4.78, 5) is 12.1. The number of halogens is 3. The van der Waals surface area contributed by atoms with Gasteiger partial charge >= 0.3 is 12.1 Å². The molecule has 1 fully saturated rings. The van der Waals surface area contributed by atoms with Gasteiger partial charge in [-0.25, -0.2) is 13.1 Å². The topological polar surface area (TPSA) is 86.7 Å². The minimum Gasteiger partial charge on any atom is -0.480 e. The lowest BCUT2D eigenvalue weighted by Gasteiger charge is -2.31. The van der Waals surface area contributed by atoms with Gasteiger partial charge in [0, 0.05) is 19.1 Å². The average molecular weight is 366 g/mol. The van der Waals surface area contributed by atoms with Gasteiger partial charge in [0.2, 0.25) is 10.0 Å². The molecule has 0 amide bonds. The van der Waals surface area contributed by atoms with Crippen LogP contribution in [0.3, 0.4) is 0 Å². The lowest BCUT2D eigenvalue weighted by Crippen LogP contribution is -2.45. The number of hydrogen-bond acceptors (Lipinski definition) is 4. The molecular formula is C14H17F3N2O4S. The highest BCUT2D eigenvalue weighted by atomic mass is 32.2. The van der Waals surface area contributed by atoms with Gasteiger partial charge in [0.25, 0.3) is 0 Å². The molecule has 1 aliphatic rings. The summed E-state index contributed by atoms with van der Waals surface area (Å²) in [7, 11) is -3.91. The zero-order valence-corrected chi connectivity index (χ0v) is 13.4. The Kier molecular flexibility index (Phi) is 5.51. The Bertz CT molecular complexity index is 681. The highest BCUT2D eigenvalue weighted by molar-refractivity contribution is 7.89. The fourth-order valence-corrected chi connectivity index (χ4v) is 3.82. The van der Waals surface area contributed by atoms with Crippen LogP contribution in [0.2, 0.25) is 0 Å². The number of piperidine rings is 1. The Labute approximate surface area is 137 Å². The number of carboxylic acids is 1. The number of rotatable bonds is 5. The molecule has 1 aromatic carbocycles. The normalized spacial score (nSPS) is 17.8. The van der Waals surface area contributed by atoms with Crippen molar-refractivity contribution in [3.8, 4) is 0 Å². The van der Waals surface area contributed by atoms with E-state index in [2.05, 4.69) is 4.72 Å². The Morgan fingerprint density at radius 2 is 1.75 bits per heavy atom. The predicted octanol–water partition coefficient (Wildman–Crippen LogP) is 1.53. The van der Waals surface area contributed by atoms with E-state index >= 15 is 0 Å². The van der Waals surface area contributed by atoms with Crippen LogP contribution in [-0.4, -0.2) is 50.1 Å². The van der Waals surface area contributed by atoms with Crippen LogP contribution >= 0.6 is 0 Å². The number of aliphatic carboxylic acids is 1. The third kappa shape index (κ3) is 4.92. The number of benzene rings is 1. The van der Waals surface area contributed by atoms with Crippen molar-refractivity contribution < 1.29 is 31.5 Å². The lowest BCUT2D eigenvalue weighted by molar-refractivity contribution is -0.139. The van der Waals surface area contributed by atoms with E-state index < -0.39 is 27.7 Å². The van der Waals surface area contributed by atoms with Crippen molar-refractivity contribution in [1.29, 1.82) is 0 Å². The maximum absolute atomic E-state index is 12.5. The van der Waals surface area contributed by atoms with Gasteiger partial charge in [-0.3, -0.25) is 9.69 Å². The van der Waals surface area contributed by atoms with E-state index in [-0.39, 0.29) is 17.5 Å². The molecule has 6 nitrogen and oxygen atoms in total. The van der Waals surface area contributed by atoms with Crippen molar-refractivity contribution in [2.24, 2.45) is 0 Å². The largest absolute Gasteiger partial charge is 0.480 e. The van der Waals surface area contributed by atoms with Crippen LogP contribution in [-0.2, 0) is 21.0 Å². The molecule has 1 aliphatic heterocycles. The molecule has 0 unspecified atom stereocenters. The number of carboxylic acid groups (broad SMARTS) is 1. The summed E-state index contributed by atoms with van der Waals surface area (Å²) >= 11 is 0.